The number of H-pyrrole nitrogens is 1. The molecule has 8 heteroatoms. The van der Waals surface area contributed by atoms with E-state index in [-0.39, 0.29) is 30.7 Å². The largest absolute Gasteiger partial charge is 0.379 e. The lowest BCUT2D eigenvalue weighted by atomic mass is 10.1. The molecule has 1 fully saturated rings. The molecule has 1 saturated heterocycles. The third kappa shape index (κ3) is 5.87. The fraction of sp³-hybridized carbons (Fsp3) is 0.471. The number of hydrogen-bond donors (Lipinski definition) is 3. The number of morpholine rings is 1. The summed E-state index contributed by atoms with van der Waals surface area (Å²) in [6.07, 6.45) is 2.47. The molecule has 25 heavy (non-hydrogen) atoms. The lowest BCUT2D eigenvalue weighted by Gasteiger charge is -2.26. The first kappa shape index (κ1) is 21.7. The van der Waals surface area contributed by atoms with E-state index in [0.717, 1.165) is 49.3 Å². The number of benzene rings is 1. The van der Waals surface area contributed by atoms with Crippen molar-refractivity contribution in [2.75, 3.05) is 39.4 Å². The van der Waals surface area contributed by atoms with Gasteiger partial charge < -0.3 is 20.8 Å². The van der Waals surface area contributed by atoms with E-state index in [4.69, 9.17) is 10.5 Å². The van der Waals surface area contributed by atoms with Gasteiger partial charge in [-0.3, -0.25) is 9.69 Å². The van der Waals surface area contributed by atoms with Crippen LogP contribution in [0.1, 0.15) is 5.56 Å². The van der Waals surface area contributed by atoms with Gasteiger partial charge >= 0.3 is 0 Å². The molecule has 2 heterocycles. The predicted molar refractivity (Wildman–Crippen MR) is 105 cm³/mol. The molecule has 3 rings (SSSR count). The van der Waals surface area contributed by atoms with Crippen molar-refractivity contribution in [3.05, 3.63) is 36.0 Å². The molecule has 2 aromatic rings. The number of amides is 1. The van der Waals surface area contributed by atoms with E-state index in [9.17, 15) is 4.79 Å². The van der Waals surface area contributed by atoms with Crippen LogP contribution < -0.4 is 11.1 Å². The minimum absolute atomic E-state index is 0. The quantitative estimate of drug-likeness (QED) is 0.696. The molecule has 1 aliphatic heterocycles. The van der Waals surface area contributed by atoms with E-state index in [0.29, 0.717) is 13.0 Å². The number of hydrogen-bond acceptors (Lipinski definition) is 4. The highest BCUT2D eigenvalue weighted by Crippen LogP contribution is 2.18. The van der Waals surface area contributed by atoms with Crippen LogP contribution in [0.2, 0.25) is 0 Å². The second-order valence-electron chi connectivity index (χ2n) is 5.92. The molecule has 1 aromatic carbocycles. The first-order chi connectivity index (χ1) is 11.2. The van der Waals surface area contributed by atoms with Crippen LogP contribution in [-0.2, 0) is 16.0 Å². The molecule has 1 aromatic heterocycles. The van der Waals surface area contributed by atoms with Crippen LogP contribution in [0.25, 0.3) is 10.9 Å². The number of nitrogens with zero attached hydrogens (tertiary/aromatic N) is 1. The molecule has 1 amide bonds. The van der Waals surface area contributed by atoms with Crippen molar-refractivity contribution in [3.63, 3.8) is 0 Å². The average molecular weight is 389 g/mol. The molecule has 1 aliphatic rings. The third-order valence-electron chi connectivity index (χ3n) is 4.28. The van der Waals surface area contributed by atoms with Crippen molar-refractivity contribution in [1.29, 1.82) is 0 Å². The normalized spacial score (nSPS) is 15.9. The van der Waals surface area contributed by atoms with Crippen LogP contribution in [-0.4, -0.2) is 61.2 Å². The zero-order valence-electron chi connectivity index (χ0n) is 14.1. The number of ether oxygens (including phenoxy) is 1. The van der Waals surface area contributed by atoms with Gasteiger partial charge in [0.25, 0.3) is 0 Å². The number of nitrogens with two attached hydrogens (primary N) is 1. The number of rotatable bonds is 6. The van der Waals surface area contributed by atoms with Gasteiger partial charge in [0, 0.05) is 43.3 Å². The smallest absolute Gasteiger partial charge is 0.237 e. The Morgan fingerprint density at radius 1 is 1.28 bits per heavy atom. The molecular formula is C17H26Cl2N4O2. The Hall–Kier alpha value is -1.31. The van der Waals surface area contributed by atoms with Crippen LogP contribution in [0.4, 0.5) is 0 Å². The van der Waals surface area contributed by atoms with Gasteiger partial charge in [0.1, 0.15) is 0 Å². The molecule has 0 radical (unpaired) electrons. The minimum Gasteiger partial charge on any atom is -0.379 e. The van der Waals surface area contributed by atoms with E-state index in [2.05, 4.69) is 15.2 Å². The topological polar surface area (TPSA) is 83.4 Å². The summed E-state index contributed by atoms with van der Waals surface area (Å²) in [4.78, 5) is 17.7. The highest BCUT2D eigenvalue weighted by atomic mass is 35.5. The third-order valence-corrected chi connectivity index (χ3v) is 4.28. The van der Waals surface area contributed by atoms with Gasteiger partial charge in [0.05, 0.1) is 19.3 Å². The summed E-state index contributed by atoms with van der Waals surface area (Å²) in [6, 6.07) is 7.52. The Bertz CT molecular complexity index is 659. The first-order valence-corrected chi connectivity index (χ1v) is 8.12. The van der Waals surface area contributed by atoms with Crippen LogP contribution >= 0.6 is 24.8 Å². The summed E-state index contributed by atoms with van der Waals surface area (Å²) < 4.78 is 5.31. The number of aromatic nitrogens is 1. The lowest BCUT2D eigenvalue weighted by Crippen LogP contribution is -2.46. The standard InChI is InChI=1S/C17H24N4O2.2ClH/c18-15(11-13-12-20-16-4-2-1-3-14(13)16)17(22)19-5-6-21-7-9-23-10-8-21;;/h1-4,12,15,20H,5-11,18H2,(H,19,22);2*1H/t15-;;/m0../s1. The number of carbonyl (C=O) groups excluding carboxylic acids is 1. The fourth-order valence-electron chi connectivity index (χ4n) is 2.92. The molecule has 0 bridgehead atoms. The Morgan fingerprint density at radius 2 is 2.00 bits per heavy atom. The summed E-state index contributed by atoms with van der Waals surface area (Å²) in [5, 5.41) is 4.06. The Kier molecular flexibility index (Phi) is 9.24. The van der Waals surface area contributed by atoms with Crippen molar-refractivity contribution in [3.8, 4) is 0 Å². The molecule has 0 spiro atoms. The summed E-state index contributed by atoms with van der Waals surface area (Å²) in [5.41, 5.74) is 8.21. The van der Waals surface area contributed by atoms with Gasteiger partial charge in [-0.1, -0.05) is 18.2 Å². The molecule has 6 nitrogen and oxygen atoms in total. The summed E-state index contributed by atoms with van der Waals surface area (Å²) >= 11 is 0. The Labute approximate surface area is 160 Å². The number of halogens is 2. The second-order valence-corrected chi connectivity index (χ2v) is 5.92. The van der Waals surface area contributed by atoms with Crippen molar-refractivity contribution < 1.29 is 9.53 Å². The van der Waals surface area contributed by atoms with Gasteiger partial charge in [-0.05, 0) is 18.1 Å². The maximum atomic E-state index is 12.2. The van der Waals surface area contributed by atoms with E-state index in [1.54, 1.807) is 0 Å². The van der Waals surface area contributed by atoms with E-state index < -0.39 is 6.04 Å². The zero-order chi connectivity index (χ0) is 16.1. The Balaban J connectivity index is 0.00000156. The predicted octanol–water partition coefficient (Wildman–Crippen LogP) is 1.33. The molecule has 1 atom stereocenters. The molecular weight excluding hydrogens is 363 g/mol. The summed E-state index contributed by atoms with van der Waals surface area (Å²) in [6.45, 7) is 4.87. The SMILES string of the molecule is Cl.Cl.N[C@@H](Cc1c[nH]c2ccccc12)C(=O)NCCN1CCOCC1. The number of aromatic amines is 1. The maximum Gasteiger partial charge on any atom is 0.237 e. The first-order valence-electron chi connectivity index (χ1n) is 8.12. The fourth-order valence-corrected chi connectivity index (χ4v) is 2.92. The van der Waals surface area contributed by atoms with Crippen LogP contribution in [0, 0.1) is 0 Å². The highest BCUT2D eigenvalue weighted by molar-refractivity contribution is 5.86. The number of fused-ring (bicyclic) bond motifs is 1. The van der Waals surface area contributed by atoms with E-state index in [1.165, 1.54) is 0 Å². The Morgan fingerprint density at radius 3 is 2.76 bits per heavy atom. The lowest BCUT2D eigenvalue weighted by molar-refractivity contribution is -0.122. The van der Waals surface area contributed by atoms with Gasteiger partial charge in [-0.15, -0.1) is 24.8 Å². The molecule has 0 saturated carbocycles. The minimum atomic E-state index is -0.529. The second kappa shape index (κ2) is 10.6. The van der Waals surface area contributed by atoms with Crippen LogP contribution in [0.15, 0.2) is 30.5 Å². The highest BCUT2D eigenvalue weighted by Gasteiger charge is 2.16. The summed E-state index contributed by atoms with van der Waals surface area (Å²) in [7, 11) is 0. The zero-order valence-corrected chi connectivity index (χ0v) is 15.7. The van der Waals surface area contributed by atoms with Gasteiger partial charge in [-0.2, -0.15) is 0 Å². The van der Waals surface area contributed by atoms with Gasteiger partial charge in [0.2, 0.25) is 5.91 Å². The van der Waals surface area contributed by atoms with Gasteiger partial charge in [-0.25, -0.2) is 0 Å². The van der Waals surface area contributed by atoms with Crippen LogP contribution in [0.5, 0.6) is 0 Å². The van der Waals surface area contributed by atoms with E-state index >= 15 is 0 Å². The number of carbonyl (C=O) groups is 1. The van der Waals surface area contributed by atoms with E-state index in [1.807, 2.05) is 30.5 Å². The van der Waals surface area contributed by atoms with Crippen LogP contribution in [0.3, 0.4) is 0 Å². The molecule has 0 aliphatic carbocycles. The van der Waals surface area contributed by atoms with Crippen molar-refractivity contribution in [1.82, 2.24) is 15.2 Å². The number of nitrogens with one attached hydrogen (secondary N) is 2. The molecule has 4 N–H and O–H groups in total. The van der Waals surface area contributed by atoms with Crippen molar-refractivity contribution >= 4 is 41.6 Å². The van der Waals surface area contributed by atoms with Crippen molar-refractivity contribution in [2.45, 2.75) is 12.5 Å². The maximum absolute atomic E-state index is 12.2. The van der Waals surface area contributed by atoms with Crippen molar-refractivity contribution in [2.24, 2.45) is 5.73 Å². The summed E-state index contributed by atoms with van der Waals surface area (Å²) in [5.74, 6) is -0.0939. The van der Waals surface area contributed by atoms with Gasteiger partial charge in [0.15, 0.2) is 0 Å². The number of para-hydroxylation sites is 1. The average Bonchev–Trinajstić information content (AvgIpc) is 2.99. The molecule has 140 valence electrons. The molecule has 0 unspecified atom stereocenters. The monoisotopic (exact) mass is 388 g/mol.